The van der Waals surface area contributed by atoms with Crippen molar-refractivity contribution in [1.82, 2.24) is 4.98 Å². The van der Waals surface area contributed by atoms with Gasteiger partial charge in [0.25, 0.3) is 0 Å². The number of hydrogen-bond donors (Lipinski definition) is 3. The molecular formula is C15H17NO3. The van der Waals surface area contributed by atoms with Crippen molar-refractivity contribution in [2.24, 2.45) is 5.92 Å². The highest BCUT2D eigenvalue weighted by Crippen LogP contribution is 2.48. The third-order valence-electron chi connectivity index (χ3n) is 4.03. The fourth-order valence-corrected chi connectivity index (χ4v) is 2.90. The number of fused-ring (bicyclic) bond motifs is 1. The monoisotopic (exact) mass is 259 g/mol. The Hall–Kier alpha value is -1.97. The number of rotatable bonds is 4. The van der Waals surface area contributed by atoms with E-state index >= 15 is 0 Å². The van der Waals surface area contributed by atoms with E-state index in [9.17, 15) is 9.90 Å². The summed E-state index contributed by atoms with van der Waals surface area (Å²) >= 11 is 0. The molecule has 1 fully saturated rings. The van der Waals surface area contributed by atoms with Crippen LogP contribution in [0, 0.1) is 12.8 Å². The molecule has 1 atom stereocenters. The zero-order chi connectivity index (χ0) is 13.6. The Bertz CT molecular complexity index is 640. The molecule has 1 aliphatic carbocycles. The van der Waals surface area contributed by atoms with Crippen LogP contribution in [0.5, 0.6) is 5.75 Å². The molecule has 1 aromatic heterocycles. The molecule has 3 N–H and O–H groups in total. The van der Waals surface area contributed by atoms with Gasteiger partial charge in [-0.2, -0.15) is 0 Å². The maximum absolute atomic E-state index is 11.0. The fraction of sp³-hybridized carbons (Fsp3) is 0.400. The number of aliphatic carboxylic acids is 1. The first kappa shape index (κ1) is 12.1. The molecule has 1 saturated carbocycles. The highest BCUT2D eigenvalue weighted by atomic mass is 16.4. The molecule has 0 bridgehead atoms. The van der Waals surface area contributed by atoms with E-state index in [0.29, 0.717) is 5.92 Å². The number of aromatic hydroxyl groups is 1. The Morgan fingerprint density at radius 3 is 2.84 bits per heavy atom. The average Bonchev–Trinajstić information content (AvgIpc) is 3.12. The second-order valence-electron chi connectivity index (χ2n) is 5.44. The molecule has 4 nitrogen and oxygen atoms in total. The van der Waals surface area contributed by atoms with E-state index in [1.807, 2.05) is 25.3 Å². The summed E-state index contributed by atoms with van der Waals surface area (Å²) in [7, 11) is 0. The SMILES string of the molecule is Cc1c[nH]c2ccc(C(CC(=O)O)C3CC3)c(O)c12. The first-order valence-corrected chi connectivity index (χ1v) is 6.59. The van der Waals surface area contributed by atoms with Gasteiger partial charge in [-0.3, -0.25) is 4.79 Å². The van der Waals surface area contributed by atoms with Crippen molar-refractivity contribution >= 4 is 16.9 Å². The van der Waals surface area contributed by atoms with Gasteiger partial charge in [-0.15, -0.1) is 0 Å². The fourth-order valence-electron chi connectivity index (χ4n) is 2.90. The minimum atomic E-state index is -0.804. The predicted molar refractivity (Wildman–Crippen MR) is 72.4 cm³/mol. The van der Waals surface area contributed by atoms with Crippen molar-refractivity contribution in [3.05, 3.63) is 29.5 Å². The van der Waals surface area contributed by atoms with Gasteiger partial charge >= 0.3 is 5.97 Å². The van der Waals surface area contributed by atoms with E-state index in [1.165, 1.54) is 0 Å². The second-order valence-corrected chi connectivity index (χ2v) is 5.44. The zero-order valence-corrected chi connectivity index (χ0v) is 10.8. The van der Waals surface area contributed by atoms with Gasteiger partial charge < -0.3 is 15.2 Å². The summed E-state index contributed by atoms with van der Waals surface area (Å²) in [6.45, 7) is 1.94. The summed E-state index contributed by atoms with van der Waals surface area (Å²) in [4.78, 5) is 14.1. The molecule has 19 heavy (non-hydrogen) atoms. The summed E-state index contributed by atoms with van der Waals surface area (Å²) in [5, 5.41) is 20.3. The normalized spacial score (nSPS) is 16.7. The Labute approximate surface area is 111 Å². The minimum Gasteiger partial charge on any atom is -0.507 e. The number of benzene rings is 1. The lowest BCUT2D eigenvalue weighted by Crippen LogP contribution is -2.08. The number of aromatic amines is 1. The van der Waals surface area contributed by atoms with Crippen LogP contribution in [0.25, 0.3) is 10.9 Å². The molecule has 1 aliphatic rings. The molecule has 1 aromatic carbocycles. The van der Waals surface area contributed by atoms with Crippen LogP contribution >= 0.6 is 0 Å². The van der Waals surface area contributed by atoms with Crippen molar-refractivity contribution in [2.75, 3.05) is 0 Å². The number of H-pyrrole nitrogens is 1. The lowest BCUT2D eigenvalue weighted by molar-refractivity contribution is -0.137. The van der Waals surface area contributed by atoms with E-state index in [1.54, 1.807) is 0 Å². The van der Waals surface area contributed by atoms with E-state index in [2.05, 4.69) is 4.98 Å². The molecule has 3 rings (SSSR count). The molecule has 2 aromatic rings. The van der Waals surface area contributed by atoms with Crippen molar-refractivity contribution in [2.45, 2.75) is 32.1 Å². The van der Waals surface area contributed by atoms with Crippen LogP contribution in [-0.4, -0.2) is 21.2 Å². The number of hydrogen-bond acceptors (Lipinski definition) is 2. The molecule has 0 aliphatic heterocycles. The first-order valence-electron chi connectivity index (χ1n) is 6.59. The Balaban J connectivity index is 2.09. The van der Waals surface area contributed by atoms with Crippen LogP contribution in [0.4, 0.5) is 0 Å². The van der Waals surface area contributed by atoms with Gasteiger partial charge in [0.1, 0.15) is 5.75 Å². The maximum atomic E-state index is 11.0. The summed E-state index contributed by atoms with van der Waals surface area (Å²) < 4.78 is 0. The van der Waals surface area contributed by atoms with Crippen LogP contribution in [0.1, 0.15) is 36.3 Å². The van der Waals surface area contributed by atoms with E-state index in [0.717, 1.165) is 34.9 Å². The number of aromatic nitrogens is 1. The number of aryl methyl sites for hydroxylation is 1. The molecule has 0 saturated heterocycles. The summed E-state index contributed by atoms with van der Waals surface area (Å²) in [5.74, 6) is -0.230. The van der Waals surface area contributed by atoms with Crippen LogP contribution < -0.4 is 0 Å². The van der Waals surface area contributed by atoms with Gasteiger partial charge in [-0.25, -0.2) is 0 Å². The van der Waals surface area contributed by atoms with Crippen molar-refractivity contribution in [3.8, 4) is 5.75 Å². The van der Waals surface area contributed by atoms with Crippen LogP contribution in [0.15, 0.2) is 18.3 Å². The van der Waals surface area contributed by atoms with Crippen molar-refractivity contribution in [1.29, 1.82) is 0 Å². The summed E-state index contributed by atoms with van der Waals surface area (Å²) in [6.07, 6.45) is 4.06. The van der Waals surface area contributed by atoms with Gasteiger partial charge in [0, 0.05) is 23.0 Å². The standard InChI is InChI=1S/C15H17NO3/c1-8-7-16-12-5-4-10(15(19)14(8)12)11(6-13(17)18)9-2-3-9/h4-5,7,9,11,16,19H,2-3,6H2,1H3,(H,17,18). The third-order valence-corrected chi connectivity index (χ3v) is 4.03. The Morgan fingerprint density at radius 1 is 1.47 bits per heavy atom. The van der Waals surface area contributed by atoms with Crippen molar-refractivity contribution in [3.63, 3.8) is 0 Å². The molecule has 0 spiro atoms. The molecule has 0 radical (unpaired) electrons. The third kappa shape index (κ3) is 2.07. The van der Waals surface area contributed by atoms with E-state index in [-0.39, 0.29) is 18.1 Å². The highest BCUT2D eigenvalue weighted by molar-refractivity contribution is 5.90. The summed E-state index contributed by atoms with van der Waals surface area (Å²) in [6, 6.07) is 3.79. The summed E-state index contributed by atoms with van der Waals surface area (Å²) in [5.41, 5.74) is 2.66. The molecule has 1 unspecified atom stereocenters. The highest BCUT2D eigenvalue weighted by Gasteiger charge is 2.35. The van der Waals surface area contributed by atoms with Gasteiger partial charge in [0.2, 0.25) is 0 Å². The maximum Gasteiger partial charge on any atom is 0.303 e. The van der Waals surface area contributed by atoms with Crippen LogP contribution in [0.2, 0.25) is 0 Å². The lowest BCUT2D eigenvalue weighted by atomic mass is 9.89. The Morgan fingerprint density at radius 2 is 2.21 bits per heavy atom. The number of phenols is 1. The number of nitrogens with one attached hydrogen (secondary N) is 1. The second kappa shape index (κ2) is 4.30. The molecule has 1 heterocycles. The molecule has 100 valence electrons. The minimum absolute atomic E-state index is 0.0730. The smallest absolute Gasteiger partial charge is 0.303 e. The van der Waals surface area contributed by atoms with Gasteiger partial charge in [0.05, 0.1) is 6.42 Å². The number of carbonyl (C=O) groups is 1. The van der Waals surface area contributed by atoms with E-state index < -0.39 is 5.97 Å². The number of carboxylic acids is 1. The van der Waals surface area contributed by atoms with Crippen LogP contribution in [0.3, 0.4) is 0 Å². The van der Waals surface area contributed by atoms with Gasteiger partial charge in [0.15, 0.2) is 0 Å². The number of phenolic OH excluding ortho intramolecular Hbond substituents is 1. The molecule has 4 heteroatoms. The predicted octanol–water partition coefficient (Wildman–Crippen LogP) is 3.15. The molecule has 0 amide bonds. The van der Waals surface area contributed by atoms with Crippen LogP contribution in [-0.2, 0) is 4.79 Å². The van der Waals surface area contributed by atoms with Gasteiger partial charge in [-0.1, -0.05) is 6.07 Å². The first-order chi connectivity index (χ1) is 9.08. The number of carboxylic acid groups (broad SMARTS) is 1. The van der Waals surface area contributed by atoms with Gasteiger partial charge in [-0.05, 0) is 42.9 Å². The zero-order valence-electron chi connectivity index (χ0n) is 10.8. The average molecular weight is 259 g/mol. The Kier molecular flexibility index (Phi) is 2.73. The lowest BCUT2D eigenvalue weighted by Gasteiger charge is -2.16. The topological polar surface area (TPSA) is 73.3 Å². The largest absolute Gasteiger partial charge is 0.507 e. The van der Waals surface area contributed by atoms with E-state index in [4.69, 9.17) is 5.11 Å². The quantitative estimate of drug-likeness (QED) is 0.789. The van der Waals surface area contributed by atoms with Crippen molar-refractivity contribution < 1.29 is 15.0 Å². The molecular weight excluding hydrogens is 242 g/mol.